The third-order valence-corrected chi connectivity index (χ3v) is 3.44. The first kappa shape index (κ1) is 10.9. The minimum absolute atomic E-state index is 0.728. The standard InChI is InChI=1S/C11H18N2OS/c1-2-10-7-12-11(15)13(10)8-9-3-5-14-6-4-9/h7,9H,2-6,8H2,1H3,(H,12,15). The highest BCUT2D eigenvalue weighted by Gasteiger charge is 2.15. The van der Waals surface area contributed by atoms with Gasteiger partial charge in [0.1, 0.15) is 0 Å². The summed E-state index contributed by atoms with van der Waals surface area (Å²) in [5, 5.41) is 0. The van der Waals surface area contributed by atoms with E-state index in [1.165, 1.54) is 5.69 Å². The van der Waals surface area contributed by atoms with Crippen LogP contribution in [0.5, 0.6) is 0 Å². The molecule has 0 unspecified atom stereocenters. The van der Waals surface area contributed by atoms with Crippen molar-refractivity contribution in [3.63, 3.8) is 0 Å². The van der Waals surface area contributed by atoms with Crippen LogP contribution in [-0.4, -0.2) is 22.8 Å². The average molecular weight is 226 g/mol. The summed E-state index contributed by atoms with van der Waals surface area (Å²) < 4.78 is 8.46. The van der Waals surface area contributed by atoms with Crippen LogP contribution in [0.4, 0.5) is 0 Å². The maximum Gasteiger partial charge on any atom is 0.177 e. The highest BCUT2D eigenvalue weighted by atomic mass is 32.1. The summed E-state index contributed by atoms with van der Waals surface area (Å²) >= 11 is 5.28. The molecule has 0 aromatic carbocycles. The van der Waals surface area contributed by atoms with Crippen molar-refractivity contribution >= 4 is 12.2 Å². The Hall–Kier alpha value is -0.610. The topological polar surface area (TPSA) is 29.9 Å². The van der Waals surface area contributed by atoms with Crippen LogP contribution in [0, 0.1) is 10.7 Å². The molecule has 0 amide bonds. The highest BCUT2D eigenvalue weighted by molar-refractivity contribution is 7.71. The lowest BCUT2D eigenvalue weighted by Crippen LogP contribution is -2.21. The zero-order chi connectivity index (χ0) is 10.7. The van der Waals surface area contributed by atoms with Crippen LogP contribution in [-0.2, 0) is 17.7 Å². The Labute approximate surface area is 95.5 Å². The molecule has 4 heteroatoms. The van der Waals surface area contributed by atoms with E-state index in [0.717, 1.165) is 49.7 Å². The van der Waals surface area contributed by atoms with E-state index in [0.29, 0.717) is 0 Å². The number of nitrogens with zero attached hydrogens (tertiary/aromatic N) is 1. The molecule has 1 aliphatic rings. The van der Waals surface area contributed by atoms with Crippen molar-refractivity contribution < 1.29 is 4.74 Å². The smallest absolute Gasteiger partial charge is 0.177 e. The number of aromatic amines is 1. The zero-order valence-corrected chi connectivity index (χ0v) is 9.98. The Kier molecular flexibility index (Phi) is 3.59. The van der Waals surface area contributed by atoms with E-state index in [-0.39, 0.29) is 0 Å². The van der Waals surface area contributed by atoms with Gasteiger partial charge in [0.2, 0.25) is 0 Å². The molecule has 1 N–H and O–H groups in total. The minimum Gasteiger partial charge on any atom is -0.381 e. The lowest BCUT2D eigenvalue weighted by molar-refractivity contribution is 0.0609. The minimum atomic E-state index is 0.728. The Bertz CT molecular complexity index is 363. The molecule has 1 aliphatic heterocycles. The largest absolute Gasteiger partial charge is 0.381 e. The number of hydrogen-bond donors (Lipinski definition) is 1. The maximum atomic E-state index is 5.36. The van der Waals surface area contributed by atoms with Gasteiger partial charge in [0, 0.05) is 31.6 Å². The van der Waals surface area contributed by atoms with Gasteiger partial charge in [-0.05, 0) is 37.4 Å². The third kappa shape index (κ3) is 2.49. The number of H-pyrrole nitrogens is 1. The van der Waals surface area contributed by atoms with Crippen molar-refractivity contribution in [2.75, 3.05) is 13.2 Å². The Balaban J connectivity index is 2.08. The van der Waals surface area contributed by atoms with Gasteiger partial charge >= 0.3 is 0 Å². The second-order valence-corrected chi connectivity index (χ2v) is 4.49. The Morgan fingerprint density at radius 3 is 2.93 bits per heavy atom. The van der Waals surface area contributed by atoms with E-state index in [4.69, 9.17) is 17.0 Å². The Morgan fingerprint density at radius 1 is 1.53 bits per heavy atom. The number of ether oxygens (including phenoxy) is 1. The van der Waals surface area contributed by atoms with Crippen molar-refractivity contribution in [2.45, 2.75) is 32.7 Å². The van der Waals surface area contributed by atoms with Crippen LogP contribution in [0.15, 0.2) is 6.20 Å². The molecule has 0 radical (unpaired) electrons. The molecule has 2 rings (SSSR count). The van der Waals surface area contributed by atoms with E-state index < -0.39 is 0 Å². The monoisotopic (exact) mass is 226 g/mol. The van der Waals surface area contributed by atoms with Crippen LogP contribution in [0.25, 0.3) is 0 Å². The van der Waals surface area contributed by atoms with E-state index in [2.05, 4.69) is 16.5 Å². The molecule has 0 aliphatic carbocycles. The second kappa shape index (κ2) is 4.94. The van der Waals surface area contributed by atoms with Gasteiger partial charge in [-0.1, -0.05) is 6.92 Å². The molecule has 3 nitrogen and oxygen atoms in total. The normalized spacial score (nSPS) is 18.2. The quantitative estimate of drug-likeness (QED) is 0.803. The molecular formula is C11H18N2OS. The summed E-state index contributed by atoms with van der Waals surface area (Å²) in [6, 6.07) is 0. The van der Waals surface area contributed by atoms with Crippen LogP contribution in [0.1, 0.15) is 25.5 Å². The fourth-order valence-corrected chi connectivity index (χ4v) is 2.36. The Morgan fingerprint density at radius 2 is 2.27 bits per heavy atom. The van der Waals surface area contributed by atoms with Gasteiger partial charge in [0.05, 0.1) is 0 Å². The van der Waals surface area contributed by atoms with Crippen LogP contribution in [0.2, 0.25) is 0 Å². The third-order valence-electron chi connectivity index (χ3n) is 3.10. The molecule has 15 heavy (non-hydrogen) atoms. The van der Waals surface area contributed by atoms with Gasteiger partial charge in [0.15, 0.2) is 4.77 Å². The molecule has 2 heterocycles. The summed E-state index contributed by atoms with van der Waals surface area (Å²) in [6.07, 6.45) is 5.39. The fourth-order valence-electron chi connectivity index (χ4n) is 2.11. The van der Waals surface area contributed by atoms with Crippen molar-refractivity contribution in [3.05, 3.63) is 16.7 Å². The molecule has 1 fully saturated rings. The molecule has 1 aromatic rings. The van der Waals surface area contributed by atoms with Gasteiger partial charge in [-0.3, -0.25) is 0 Å². The van der Waals surface area contributed by atoms with Crippen molar-refractivity contribution in [3.8, 4) is 0 Å². The summed E-state index contributed by atoms with van der Waals surface area (Å²) in [4.78, 5) is 3.12. The summed E-state index contributed by atoms with van der Waals surface area (Å²) in [7, 11) is 0. The number of nitrogens with one attached hydrogen (secondary N) is 1. The molecule has 0 saturated carbocycles. The molecule has 0 atom stereocenters. The predicted octanol–water partition coefficient (Wildman–Crippen LogP) is 2.53. The highest BCUT2D eigenvalue weighted by Crippen LogP contribution is 2.18. The van der Waals surface area contributed by atoms with Crippen LogP contribution in [0.3, 0.4) is 0 Å². The zero-order valence-electron chi connectivity index (χ0n) is 9.16. The maximum absolute atomic E-state index is 5.36. The predicted molar refractivity (Wildman–Crippen MR) is 62.5 cm³/mol. The number of hydrogen-bond acceptors (Lipinski definition) is 2. The van der Waals surface area contributed by atoms with E-state index in [1.807, 2.05) is 6.20 Å². The van der Waals surface area contributed by atoms with Crippen LogP contribution >= 0.6 is 12.2 Å². The first-order chi connectivity index (χ1) is 7.31. The molecule has 0 spiro atoms. The number of rotatable bonds is 3. The fraction of sp³-hybridized carbons (Fsp3) is 0.727. The molecule has 1 saturated heterocycles. The van der Waals surface area contributed by atoms with Gasteiger partial charge in [0.25, 0.3) is 0 Å². The summed E-state index contributed by atoms with van der Waals surface area (Å²) in [6.45, 7) is 5.03. The first-order valence-electron chi connectivity index (χ1n) is 5.66. The lowest BCUT2D eigenvalue weighted by atomic mass is 10.0. The average Bonchev–Trinajstić information content (AvgIpc) is 2.62. The molecular weight excluding hydrogens is 208 g/mol. The van der Waals surface area contributed by atoms with E-state index in [9.17, 15) is 0 Å². The number of aromatic nitrogens is 2. The number of aryl methyl sites for hydroxylation is 1. The van der Waals surface area contributed by atoms with Crippen molar-refractivity contribution in [2.24, 2.45) is 5.92 Å². The number of imidazole rings is 1. The molecule has 0 bridgehead atoms. The lowest BCUT2D eigenvalue weighted by Gasteiger charge is -2.23. The van der Waals surface area contributed by atoms with Crippen molar-refractivity contribution in [1.29, 1.82) is 0 Å². The summed E-state index contributed by atoms with van der Waals surface area (Å²) in [5.41, 5.74) is 1.31. The second-order valence-electron chi connectivity index (χ2n) is 4.11. The first-order valence-corrected chi connectivity index (χ1v) is 6.07. The molecule has 84 valence electrons. The van der Waals surface area contributed by atoms with Gasteiger partial charge < -0.3 is 14.3 Å². The van der Waals surface area contributed by atoms with E-state index in [1.54, 1.807) is 0 Å². The van der Waals surface area contributed by atoms with Gasteiger partial charge in [-0.2, -0.15) is 0 Å². The summed E-state index contributed by atoms with van der Waals surface area (Å²) in [5.74, 6) is 0.728. The SMILES string of the molecule is CCc1c[nH]c(=S)n1CC1CCOCC1. The van der Waals surface area contributed by atoms with Gasteiger partial charge in [-0.25, -0.2) is 0 Å². The van der Waals surface area contributed by atoms with Crippen molar-refractivity contribution in [1.82, 2.24) is 9.55 Å². The van der Waals surface area contributed by atoms with Gasteiger partial charge in [-0.15, -0.1) is 0 Å². The van der Waals surface area contributed by atoms with Crippen LogP contribution < -0.4 is 0 Å². The van der Waals surface area contributed by atoms with E-state index >= 15 is 0 Å². The molecule has 1 aromatic heterocycles.